The maximum absolute atomic E-state index is 5.25. The zero-order valence-electron chi connectivity index (χ0n) is 9.45. The predicted octanol–water partition coefficient (Wildman–Crippen LogP) is 2.34. The molecule has 0 aliphatic heterocycles. The van der Waals surface area contributed by atoms with E-state index >= 15 is 0 Å². The van der Waals surface area contributed by atoms with Crippen LogP contribution < -0.4 is 10.1 Å². The highest BCUT2D eigenvalue weighted by atomic mass is 16.5. The number of hydrogen-bond donors (Lipinski definition) is 2. The first-order valence-electron chi connectivity index (χ1n) is 5.17. The minimum Gasteiger partial charge on any atom is -0.495 e. The molecular weight excluding hydrogens is 202 g/mol. The molecule has 84 valence electrons. The fraction of sp³-hybridized carbons (Fsp3) is 0.250. The van der Waals surface area contributed by atoms with Crippen molar-refractivity contribution in [2.45, 2.75) is 13.5 Å². The van der Waals surface area contributed by atoms with Gasteiger partial charge in [-0.2, -0.15) is 0 Å². The highest BCUT2D eigenvalue weighted by Crippen LogP contribution is 2.23. The number of nitrogens with zero attached hydrogens (tertiary/aromatic N) is 1. The third kappa shape index (κ3) is 2.34. The van der Waals surface area contributed by atoms with Crippen LogP contribution in [0.2, 0.25) is 0 Å². The van der Waals surface area contributed by atoms with Gasteiger partial charge in [0.2, 0.25) is 0 Å². The Morgan fingerprint density at radius 3 is 2.88 bits per heavy atom. The number of methoxy groups -OCH3 is 1. The Bertz CT molecular complexity index is 465. The molecule has 0 saturated heterocycles. The quantitative estimate of drug-likeness (QED) is 0.826. The number of ether oxygens (including phenoxy) is 1. The number of benzene rings is 1. The van der Waals surface area contributed by atoms with Crippen molar-refractivity contribution in [3.05, 3.63) is 42.0 Å². The smallest absolute Gasteiger partial charge is 0.141 e. The molecule has 0 radical (unpaired) electrons. The van der Waals surface area contributed by atoms with E-state index in [9.17, 15) is 0 Å². The second-order valence-electron chi connectivity index (χ2n) is 3.55. The first-order chi connectivity index (χ1) is 7.79. The molecule has 2 rings (SSSR count). The molecule has 0 bridgehead atoms. The molecular formula is C12H15N3O. The van der Waals surface area contributed by atoms with E-state index in [0.717, 1.165) is 23.0 Å². The lowest BCUT2D eigenvalue weighted by Crippen LogP contribution is -2.01. The number of aromatic nitrogens is 2. The number of aromatic amines is 1. The number of para-hydroxylation sites is 2. The van der Waals surface area contributed by atoms with Crippen molar-refractivity contribution in [3.8, 4) is 5.75 Å². The monoisotopic (exact) mass is 217 g/mol. The molecule has 0 spiro atoms. The lowest BCUT2D eigenvalue weighted by Gasteiger charge is -2.09. The van der Waals surface area contributed by atoms with Gasteiger partial charge in [0.25, 0.3) is 0 Å². The van der Waals surface area contributed by atoms with Crippen molar-refractivity contribution >= 4 is 5.69 Å². The fourth-order valence-electron chi connectivity index (χ4n) is 1.54. The van der Waals surface area contributed by atoms with Crippen LogP contribution in [-0.4, -0.2) is 17.1 Å². The van der Waals surface area contributed by atoms with E-state index in [1.807, 2.05) is 37.4 Å². The van der Waals surface area contributed by atoms with Crippen molar-refractivity contribution in [2.24, 2.45) is 0 Å². The van der Waals surface area contributed by atoms with Gasteiger partial charge in [0.1, 0.15) is 11.6 Å². The Morgan fingerprint density at radius 1 is 1.38 bits per heavy atom. The van der Waals surface area contributed by atoms with Gasteiger partial charge in [0.15, 0.2) is 0 Å². The summed E-state index contributed by atoms with van der Waals surface area (Å²) in [6.07, 6.45) is 1.83. The van der Waals surface area contributed by atoms with E-state index in [1.54, 1.807) is 7.11 Å². The van der Waals surface area contributed by atoms with Crippen molar-refractivity contribution in [1.82, 2.24) is 9.97 Å². The van der Waals surface area contributed by atoms with Crippen molar-refractivity contribution < 1.29 is 4.74 Å². The molecule has 0 aliphatic rings. The summed E-state index contributed by atoms with van der Waals surface area (Å²) in [4.78, 5) is 7.31. The second-order valence-corrected chi connectivity index (χ2v) is 3.55. The zero-order chi connectivity index (χ0) is 11.4. The lowest BCUT2D eigenvalue weighted by molar-refractivity contribution is 0.416. The van der Waals surface area contributed by atoms with Crippen LogP contribution in [0, 0.1) is 6.92 Å². The second kappa shape index (κ2) is 4.70. The molecule has 2 aromatic rings. The van der Waals surface area contributed by atoms with Gasteiger partial charge >= 0.3 is 0 Å². The summed E-state index contributed by atoms with van der Waals surface area (Å²) in [7, 11) is 1.67. The molecule has 0 aliphatic carbocycles. The van der Waals surface area contributed by atoms with Crippen LogP contribution in [0.25, 0.3) is 0 Å². The summed E-state index contributed by atoms with van der Waals surface area (Å²) in [5.74, 6) is 1.77. The van der Waals surface area contributed by atoms with Gasteiger partial charge in [0, 0.05) is 0 Å². The Labute approximate surface area is 94.7 Å². The van der Waals surface area contributed by atoms with Crippen molar-refractivity contribution in [3.63, 3.8) is 0 Å². The molecule has 0 fully saturated rings. The van der Waals surface area contributed by atoms with E-state index in [2.05, 4.69) is 15.3 Å². The van der Waals surface area contributed by atoms with Gasteiger partial charge in [-0.05, 0) is 19.1 Å². The molecule has 0 amide bonds. The van der Waals surface area contributed by atoms with E-state index in [4.69, 9.17) is 4.74 Å². The summed E-state index contributed by atoms with van der Waals surface area (Å²) in [5, 5.41) is 3.30. The summed E-state index contributed by atoms with van der Waals surface area (Å²) in [6.45, 7) is 2.65. The first-order valence-corrected chi connectivity index (χ1v) is 5.17. The van der Waals surface area contributed by atoms with Crippen molar-refractivity contribution in [1.29, 1.82) is 0 Å². The number of imidazole rings is 1. The van der Waals surface area contributed by atoms with E-state index in [0.29, 0.717) is 6.54 Å². The number of anilines is 1. The highest BCUT2D eigenvalue weighted by molar-refractivity contribution is 5.56. The molecule has 0 unspecified atom stereocenters. The molecule has 1 aromatic heterocycles. The molecule has 0 atom stereocenters. The third-order valence-corrected chi connectivity index (χ3v) is 2.33. The van der Waals surface area contributed by atoms with Gasteiger partial charge < -0.3 is 15.0 Å². The molecule has 2 N–H and O–H groups in total. The SMILES string of the molecule is COc1ccccc1NCc1cnc(C)[nH]1. The van der Waals surface area contributed by atoms with Crippen LogP contribution >= 0.6 is 0 Å². The van der Waals surface area contributed by atoms with Gasteiger partial charge in [-0.15, -0.1) is 0 Å². The van der Waals surface area contributed by atoms with E-state index in [1.165, 1.54) is 0 Å². The molecule has 4 heteroatoms. The maximum atomic E-state index is 5.25. The van der Waals surface area contributed by atoms with Crippen LogP contribution in [0.4, 0.5) is 5.69 Å². The van der Waals surface area contributed by atoms with Crippen LogP contribution in [0.3, 0.4) is 0 Å². The Balaban J connectivity index is 2.04. The summed E-state index contributed by atoms with van der Waals surface area (Å²) < 4.78 is 5.25. The minimum atomic E-state index is 0.710. The molecule has 1 aromatic carbocycles. The zero-order valence-corrected chi connectivity index (χ0v) is 9.45. The average molecular weight is 217 g/mol. The summed E-state index contributed by atoms with van der Waals surface area (Å²) in [5.41, 5.74) is 2.04. The minimum absolute atomic E-state index is 0.710. The first kappa shape index (κ1) is 10.5. The van der Waals surface area contributed by atoms with E-state index in [-0.39, 0.29) is 0 Å². The average Bonchev–Trinajstić information content (AvgIpc) is 2.73. The maximum Gasteiger partial charge on any atom is 0.141 e. The number of H-pyrrole nitrogens is 1. The summed E-state index contributed by atoms with van der Waals surface area (Å²) in [6, 6.07) is 7.84. The Kier molecular flexibility index (Phi) is 3.10. The number of hydrogen-bond acceptors (Lipinski definition) is 3. The topological polar surface area (TPSA) is 49.9 Å². The van der Waals surface area contributed by atoms with Crippen LogP contribution in [0.5, 0.6) is 5.75 Å². The van der Waals surface area contributed by atoms with Crippen LogP contribution in [0.1, 0.15) is 11.5 Å². The van der Waals surface area contributed by atoms with Crippen molar-refractivity contribution in [2.75, 3.05) is 12.4 Å². The summed E-state index contributed by atoms with van der Waals surface area (Å²) >= 11 is 0. The fourth-order valence-corrected chi connectivity index (χ4v) is 1.54. The van der Waals surface area contributed by atoms with Crippen LogP contribution in [0.15, 0.2) is 30.5 Å². The Hall–Kier alpha value is -1.97. The number of rotatable bonds is 4. The normalized spacial score (nSPS) is 10.1. The molecule has 4 nitrogen and oxygen atoms in total. The van der Waals surface area contributed by atoms with Gasteiger partial charge in [-0.25, -0.2) is 4.98 Å². The number of nitrogens with one attached hydrogen (secondary N) is 2. The molecule has 1 heterocycles. The standard InChI is InChI=1S/C12H15N3O/c1-9-13-7-10(15-9)8-14-11-5-3-4-6-12(11)16-2/h3-7,14H,8H2,1-2H3,(H,13,15). The lowest BCUT2D eigenvalue weighted by atomic mass is 10.3. The molecule has 0 saturated carbocycles. The highest BCUT2D eigenvalue weighted by Gasteiger charge is 2.01. The Morgan fingerprint density at radius 2 is 2.19 bits per heavy atom. The molecule has 16 heavy (non-hydrogen) atoms. The van der Waals surface area contributed by atoms with Crippen LogP contribution in [-0.2, 0) is 6.54 Å². The van der Waals surface area contributed by atoms with Gasteiger partial charge in [-0.3, -0.25) is 0 Å². The van der Waals surface area contributed by atoms with E-state index < -0.39 is 0 Å². The predicted molar refractivity (Wildman–Crippen MR) is 63.6 cm³/mol. The third-order valence-electron chi connectivity index (χ3n) is 2.33. The largest absolute Gasteiger partial charge is 0.495 e. The number of aryl methyl sites for hydroxylation is 1. The van der Waals surface area contributed by atoms with Gasteiger partial charge in [0.05, 0.1) is 31.2 Å². The van der Waals surface area contributed by atoms with Gasteiger partial charge in [-0.1, -0.05) is 12.1 Å².